The largest absolute Gasteiger partial charge is 0.397 e. The van der Waals surface area contributed by atoms with Crippen molar-refractivity contribution in [2.45, 2.75) is 6.92 Å². The number of anilines is 1. The summed E-state index contributed by atoms with van der Waals surface area (Å²) in [6.45, 7) is 1.95. The Morgan fingerprint density at radius 1 is 1.27 bits per heavy atom. The summed E-state index contributed by atoms with van der Waals surface area (Å²) in [5.74, 6) is 0. The topological polar surface area (TPSA) is 38.9 Å². The van der Waals surface area contributed by atoms with E-state index in [-0.39, 0.29) is 24.8 Å². The number of nitrogens with two attached hydrogens (primary N) is 1. The second-order valence-corrected chi connectivity index (χ2v) is 3.42. The van der Waals surface area contributed by atoms with Crippen LogP contribution >= 0.6 is 36.4 Å². The van der Waals surface area contributed by atoms with Gasteiger partial charge in [0, 0.05) is 10.4 Å². The fourth-order valence-corrected chi connectivity index (χ4v) is 1.49. The third-order valence-electron chi connectivity index (χ3n) is 2.06. The van der Waals surface area contributed by atoms with Gasteiger partial charge in [0.15, 0.2) is 0 Å². The zero-order valence-corrected chi connectivity index (χ0v) is 10.4. The van der Waals surface area contributed by atoms with E-state index in [0.717, 1.165) is 21.5 Å². The van der Waals surface area contributed by atoms with Crippen molar-refractivity contribution in [2.24, 2.45) is 0 Å². The maximum Gasteiger partial charge on any atom is 0.0747 e. The molecule has 2 rings (SSSR count). The molecule has 0 saturated carbocycles. The van der Waals surface area contributed by atoms with Crippen molar-refractivity contribution in [3.63, 3.8) is 0 Å². The summed E-state index contributed by atoms with van der Waals surface area (Å²) >= 11 is 5.96. The minimum Gasteiger partial charge on any atom is -0.397 e. The van der Waals surface area contributed by atoms with Crippen molar-refractivity contribution in [3.05, 3.63) is 35.0 Å². The molecule has 0 bridgehead atoms. The van der Waals surface area contributed by atoms with E-state index in [2.05, 4.69) is 4.98 Å². The summed E-state index contributed by atoms with van der Waals surface area (Å²) in [5.41, 5.74) is 8.21. The Kier molecular flexibility index (Phi) is 5.15. The van der Waals surface area contributed by atoms with Gasteiger partial charge in [-0.1, -0.05) is 17.7 Å². The van der Waals surface area contributed by atoms with Gasteiger partial charge >= 0.3 is 0 Å². The van der Waals surface area contributed by atoms with E-state index in [1.807, 2.05) is 25.1 Å². The highest BCUT2D eigenvalue weighted by Crippen LogP contribution is 2.24. The normalized spacial score (nSPS) is 9.20. The number of aryl methyl sites for hydroxylation is 1. The van der Waals surface area contributed by atoms with Crippen LogP contribution in [-0.4, -0.2) is 4.98 Å². The number of hydrogen-bond donors (Lipinski definition) is 1. The first kappa shape index (κ1) is 14.3. The summed E-state index contributed by atoms with van der Waals surface area (Å²) in [5, 5.41) is 1.77. The van der Waals surface area contributed by atoms with Crippen molar-refractivity contribution in [3.8, 4) is 0 Å². The Balaban J connectivity index is 0.000000980. The molecule has 1 aromatic heterocycles. The molecule has 0 amide bonds. The highest BCUT2D eigenvalue weighted by Gasteiger charge is 2.02. The van der Waals surface area contributed by atoms with E-state index in [1.54, 1.807) is 6.20 Å². The molecule has 2 nitrogen and oxygen atoms in total. The van der Waals surface area contributed by atoms with Gasteiger partial charge in [0.1, 0.15) is 0 Å². The standard InChI is InChI=1S/C10H9ClN2.2ClH/c1-6-9(11)3-2-7-4-8(12)5-13-10(6)7;;/h2-5H,12H2,1H3;2*1H. The first-order chi connectivity index (χ1) is 6.18. The van der Waals surface area contributed by atoms with Crippen molar-refractivity contribution in [1.29, 1.82) is 0 Å². The van der Waals surface area contributed by atoms with Crippen LogP contribution in [-0.2, 0) is 0 Å². The van der Waals surface area contributed by atoms with Crippen molar-refractivity contribution >= 4 is 53.0 Å². The van der Waals surface area contributed by atoms with E-state index in [0.29, 0.717) is 5.69 Å². The van der Waals surface area contributed by atoms with Gasteiger partial charge in [-0.3, -0.25) is 4.98 Å². The molecule has 0 aliphatic carbocycles. The Labute approximate surface area is 106 Å². The predicted molar refractivity (Wildman–Crippen MR) is 70.4 cm³/mol. The molecular weight excluding hydrogens is 254 g/mol. The van der Waals surface area contributed by atoms with Gasteiger partial charge < -0.3 is 5.73 Å². The number of halogens is 3. The molecule has 0 spiro atoms. The second kappa shape index (κ2) is 5.40. The highest BCUT2D eigenvalue weighted by atomic mass is 35.5. The molecule has 0 unspecified atom stereocenters. The van der Waals surface area contributed by atoms with Crippen LogP contribution < -0.4 is 5.73 Å². The van der Waals surface area contributed by atoms with Crippen molar-refractivity contribution < 1.29 is 0 Å². The minimum absolute atomic E-state index is 0. The highest BCUT2D eigenvalue weighted by molar-refractivity contribution is 6.32. The molecule has 1 aromatic carbocycles. The van der Waals surface area contributed by atoms with Gasteiger partial charge in [-0.2, -0.15) is 0 Å². The quantitative estimate of drug-likeness (QED) is 0.790. The summed E-state index contributed by atoms with van der Waals surface area (Å²) < 4.78 is 0. The van der Waals surface area contributed by atoms with Crippen LogP contribution in [0.15, 0.2) is 24.4 Å². The molecular formula is C10H11Cl3N2. The van der Waals surface area contributed by atoms with Gasteiger partial charge in [0.05, 0.1) is 17.4 Å². The lowest BCUT2D eigenvalue weighted by Crippen LogP contribution is -1.89. The van der Waals surface area contributed by atoms with Crippen molar-refractivity contribution in [1.82, 2.24) is 4.98 Å². The van der Waals surface area contributed by atoms with Crippen LogP contribution in [0.2, 0.25) is 5.02 Å². The van der Waals surface area contributed by atoms with Gasteiger partial charge in [-0.15, -0.1) is 24.8 Å². The van der Waals surface area contributed by atoms with Gasteiger partial charge in [-0.25, -0.2) is 0 Å². The van der Waals surface area contributed by atoms with Gasteiger partial charge in [0.25, 0.3) is 0 Å². The molecule has 2 aromatic rings. The van der Waals surface area contributed by atoms with Crippen LogP contribution in [0.5, 0.6) is 0 Å². The predicted octanol–water partition coefficient (Wildman–Crippen LogP) is 3.62. The van der Waals surface area contributed by atoms with E-state index >= 15 is 0 Å². The van der Waals surface area contributed by atoms with E-state index in [1.165, 1.54) is 0 Å². The molecule has 0 fully saturated rings. The molecule has 0 aliphatic heterocycles. The molecule has 5 heteroatoms. The average molecular weight is 266 g/mol. The third kappa shape index (κ3) is 2.65. The number of aromatic nitrogens is 1. The lowest BCUT2D eigenvalue weighted by atomic mass is 10.1. The lowest BCUT2D eigenvalue weighted by molar-refractivity contribution is 1.37. The average Bonchev–Trinajstić information content (AvgIpc) is 2.12. The second-order valence-electron chi connectivity index (χ2n) is 3.01. The van der Waals surface area contributed by atoms with Crippen LogP contribution in [0.25, 0.3) is 10.9 Å². The van der Waals surface area contributed by atoms with Crippen molar-refractivity contribution in [2.75, 3.05) is 5.73 Å². The SMILES string of the molecule is Cc1c(Cl)ccc2cc(N)cnc12.Cl.Cl. The van der Waals surface area contributed by atoms with Crippen LogP contribution in [0.3, 0.4) is 0 Å². The number of fused-ring (bicyclic) bond motifs is 1. The number of nitrogen functional groups attached to an aromatic ring is 1. The Morgan fingerprint density at radius 3 is 2.60 bits per heavy atom. The fourth-order valence-electron chi connectivity index (χ4n) is 1.34. The number of pyridine rings is 1. The molecule has 1 heterocycles. The number of rotatable bonds is 0. The summed E-state index contributed by atoms with van der Waals surface area (Å²) in [6, 6.07) is 5.68. The Bertz CT molecular complexity index is 471. The Hall–Kier alpha value is -0.700. The van der Waals surface area contributed by atoms with Gasteiger partial charge in [0.2, 0.25) is 0 Å². The molecule has 0 radical (unpaired) electrons. The van der Waals surface area contributed by atoms with E-state index < -0.39 is 0 Å². The summed E-state index contributed by atoms with van der Waals surface area (Å²) in [6.07, 6.45) is 1.64. The van der Waals surface area contributed by atoms with Crippen LogP contribution in [0.4, 0.5) is 5.69 Å². The fraction of sp³-hybridized carbons (Fsp3) is 0.100. The number of hydrogen-bond acceptors (Lipinski definition) is 2. The van der Waals surface area contributed by atoms with Crippen LogP contribution in [0.1, 0.15) is 5.56 Å². The number of nitrogens with zero attached hydrogens (tertiary/aromatic N) is 1. The molecule has 0 saturated heterocycles. The minimum atomic E-state index is 0. The molecule has 0 atom stereocenters. The molecule has 15 heavy (non-hydrogen) atoms. The molecule has 2 N–H and O–H groups in total. The van der Waals surface area contributed by atoms with Gasteiger partial charge in [-0.05, 0) is 24.6 Å². The zero-order valence-electron chi connectivity index (χ0n) is 8.03. The van der Waals surface area contributed by atoms with Crippen LogP contribution in [0, 0.1) is 6.92 Å². The maximum atomic E-state index is 5.96. The number of benzene rings is 1. The molecule has 82 valence electrons. The lowest BCUT2D eigenvalue weighted by Gasteiger charge is -2.03. The molecule has 0 aliphatic rings. The first-order valence-corrected chi connectivity index (χ1v) is 4.36. The first-order valence-electron chi connectivity index (χ1n) is 3.99. The monoisotopic (exact) mass is 264 g/mol. The zero-order chi connectivity index (χ0) is 9.42. The maximum absolute atomic E-state index is 5.96. The Morgan fingerprint density at radius 2 is 1.93 bits per heavy atom. The summed E-state index contributed by atoms with van der Waals surface area (Å²) in [7, 11) is 0. The van der Waals surface area contributed by atoms with E-state index in [4.69, 9.17) is 17.3 Å². The smallest absolute Gasteiger partial charge is 0.0747 e. The summed E-state index contributed by atoms with van der Waals surface area (Å²) in [4.78, 5) is 4.23. The third-order valence-corrected chi connectivity index (χ3v) is 2.47. The van der Waals surface area contributed by atoms with E-state index in [9.17, 15) is 0 Å².